The van der Waals surface area contributed by atoms with Crippen LogP contribution in [0.2, 0.25) is 0 Å². The summed E-state index contributed by atoms with van der Waals surface area (Å²) in [6, 6.07) is 0.313. The zero-order valence-corrected chi connectivity index (χ0v) is 20.2. The average Bonchev–Trinajstić information content (AvgIpc) is 2.81. The maximum atomic E-state index is 4.51. The summed E-state index contributed by atoms with van der Waals surface area (Å²) in [5.74, 6) is 0.896. The third kappa shape index (κ3) is 7.97. The number of nitrogens with one attached hydrogen (secondary N) is 2. The van der Waals surface area contributed by atoms with Gasteiger partial charge in [-0.3, -0.25) is 9.67 Å². The summed E-state index contributed by atoms with van der Waals surface area (Å²) in [6.45, 7) is 11.1. The summed E-state index contributed by atoms with van der Waals surface area (Å²) in [6.07, 6.45) is 7.65. The molecule has 0 saturated carbocycles. The molecule has 7 heteroatoms. The number of aliphatic imine (C=N–C) groups is 1. The molecule has 156 valence electrons. The van der Waals surface area contributed by atoms with Crippen molar-refractivity contribution in [3.8, 4) is 0 Å². The van der Waals surface area contributed by atoms with Gasteiger partial charge in [0.05, 0.1) is 5.69 Å². The monoisotopic (exact) mass is 490 g/mol. The van der Waals surface area contributed by atoms with Gasteiger partial charge in [-0.05, 0) is 71.7 Å². The van der Waals surface area contributed by atoms with Gasteiger partial charge in [0.2, 0.25) is 0 Å². The Morgan fingerprint density at radius 3 is 2.41 bits per heavy atom. The highest BCUT2D eigenvalue weighted by Crippen LogP contribution is 2.14. The highest BCUT2D eigenvalue weighted by molar-refractivity contribution is 14.0. The Kier molecular flexibility index (Phi) is 11.3. The number of nitrogens with zero attached hydrogens (tertiary/aromatic N) is 4. The highest BCUT2D eigenvalue weighted by atomic mass is 127. The molecule has 0 aliphatic carbocycles. The lowest BCUT2D eigenvalue weighted by Crippen LogP contribution is -2.44. The number of hydrogen-bond acceptors (Lipinski definition) is 3. The number of aromatic nitrogens is 2. The van der Waals surface area contributed by atoms with Crippen LogP contribution in [0.1, 0.15) is 56.0 Å². The molecule has 1 aromatic heterocycles. The molecule has 2 N–H and O–H groups in total. The van der Waals surface area contributed by atoms with Crippen LogP contribution < -0.4 is 10.6 Å². The second-order valence-corrected chi connectivity index (χ2v) is 7.63. The summed E-state index contributed by atoms with van der Waals surface area (Å²) in [7, 11) is 3.85. The lowest BCUT2D eigenvalue weighted by molar-refractivity contribution is 0.282. The molecule has 27 heavy (non-hydrogen) atoms. The first kappa shape index (κ1) is 24.2. The molecule has 1 aliphatic heterocycles. The van der Waals surface area contributed by atoms with E-state index in [1.54, 1.807) is 0 Å². The molecule has 1 aromatic rings. The number of halogens is 1. The number of rotatable bonds is 7. The number of aryl methyl sites for hydroxylation is 2. The SMILES string of the molecule is CN=C(NCCCN1CCCCCC1)NC(C)Cc1c(C)nn(C)c1C.I. The fourth-order valence-corrected chi connectivity index (χ4v) is 3.77. The van der Waals surface area contributed by atoms with E-state index in [-0.39, 0.29) is 24.0 Å². The molecule has 0 radical (unpaired) electrons. The van der Waals surface area contributed by atoms with Gasteiger partial charge in [0.15, 0.2) is 5.96 Å². The molecule has 1 unspecified atom stereocenters. The van der Waals surface area contributed by atoms with Crippen LogP contribution in [0.5, 0.6) is 0 Å². The second kappa shape index (κ2) is 12.6. The van der Waals surface area contributed by atoms with Crippen LogP contribution >= 0.6 is 24.0 Å². The maximum absolute atomic E-state index is 4.51. The molecule has 0 spiro atoms. The lowest BCUT2D eigenvalue weighted by atomic mass is 10.1. The minimum Gasteiger partial charge on any atom is -0.356 e. The zero-order valence-electron chi connectivity index (χ0n) is 17.8. The molecule has 2 rings (SSSR count). The zero-order chi connectivity index (χ0) is 18.9. The maximum Gasteiger partial charge on any atom is 0.191 e. The van der Waals surface area contributed by atoms with E-state index in [1.807, 2.05) is 18.8 Å². The molecular weight excluding hydrogens is 451 g/mol. The van der Waals surface area contributed by atoms with E-state index in [4.69, 9.17) is 0 Å². The van der Waals surface area contributed by atoms with E-state index in [0.717, 1.165) is 31.0 Å². The third-order valence-corrected chi connectivity index (χ3v) is 5.42. The molecule has 1 fully saturated rings. The van der Waals surface area contributed by atoms with E-state index in [2.05, 4.69) is 46.4 Å². The summed E-state index contributed by atoms with van der Waals surface area (Å²) in [4.78, 5) is 6.99. The Balaban J connectivity index is 0.00000364. The summed E-state index contributed by atoms with van der Waals surface area (Å²) in [5.41, 5.74) is 3.71. The van der Waals surface area contributed by atoms with Crippen molar-refractivity contribution in [2.45, 2.75) is 65.3 Å². The van der Waals surface area contributed by atoms with Crippen LogP contribution in [0, 0.1) is 13.8 Å². The van der Waals surface area contributed by atoms with Crippen molar-refractivity contribution in [3.63, 3.8) is 0 Å². The molecular formula is C20H39IN6. The van der Waals surface area contributed by atoms with Crippen molar-refractivity contribution in [1.29, 1.82) is 0 Å². The van der Waals surface area contributed by atoms with Gasteiger partial charge in [0.1, 0.15) is 0 Å². The summed E-state index contributed by atoms with van der Waals surface area (Å²) < 4.78 is 1.97. The molecule has 2 heterocycles. The van der Waals surface area contributed by atoms with Gasteiger partial charge < -0.3 is 15.5 Å². The molecule has 1 atom stereocenters. The Morgan fingerprint density at radius 1 is 1.19 bits per heavy atom. The van der Waals surface area contributed by atoms with E-state index in [9.17, 15) is 0 Å². The van der Waals surface area contributed by atoms with Crippen molar-refractivity contribution < 1.29 is 0 Å². The van der Waals surface area contributed by atoms with Gasteiger partial charge >= 0.3 is 0 Å². The standard InChI is InChI=1S/C20H38N6.HI/c1-16(15-19-17(2)24-25(5)18(19)3)23-20(21-4)22-11-10-14-26-12-8-6-7-9-13-26;/h16H,6-15H2,1-5H3,(H2,21,22,23);1H. The van der Waals surface area contributed by atoms with Crippen LogP contribution in [0.15, 0.2) is 4.99 Å². The Bertz CT molecular complexity index is 575. The molecule has 0 bridgehead atoms. The van der Waals surface area contributed by atoms with Crippen molar-refractivity contribution in [1.82, 2.24) is 25.3 Å². The Labute approximate surface area is 182 Å². The average molecular weight is 490 g/mol. The van der Waals surface area contributed by atoms with Crippen molar-refractivity contribution in [3.05, 3.63) is 17.0 Å². The number of hydrogen-bond donors (Lipinski definition) is 2. The van der Waals surface area contributed by atoms with E-state index < -0.39 is 0 Å². The predicted octanol–water partition coefficient (Wildman–Crippen LogP) is 3.02. The highest BCUT2D eigenvalue weighted by Gasteiger charge is 2.14. The van der Waals surface area contributed by atoms with Gasteiger partial charge in [-0.25, -0.2) is 0 Å². The van der Waals surface area contributed by atoms with Crippen LogP contribution in [-0.4, -0.2) is 59.9 Å². The largest absolute Gasteiger partial charge is 0.356 e. The van der Waals surface area contributed by atoms with Gasteiger partial charge in [0.25, 0.3) is 0 Å². The van der Waals surface area contributed by atoms with Gasteiger partial charge in [0, 0.05) is 32.4 Å². The summed E-state index contributed by atoms with van der Waals surface area (Å²) >= 11 is 0. The molecule has 0 amide bonds. The first-order valence-corrected chi connectivity index (χ1v) is 10.2. The molecule has 1 saturated heterocycles. The fourth-order valence-electron chi connectivity index (χ4n) is 3.77. The van der Waals surface area contributed by atoms with Crippen molar-refractivity contribution >= 4 is 29.9 Å². The van der Waals surface area contributed by atoms with Crippen molar-refractivity contribution in [2.75, 3.05) is 33.2 Å². The molecule has 0 aromatic carbocycles. The predicted molar refractivity (Wildman–Crippen MR) is 125 cm³/mol. The van der Waals surface area contributed by atoms with E-state index >= 15 is 0 Å². The Hall–Kier alpha value is -0.830. The summed E-state index contributed by atoms with van der Waals surface area (Å²) in [5, 5.41) is 11.5. The van der Waals surface area contributed by atoms with Crippen molar-refractivity contribution in [2.24, 2.45) is 12.0 Å². The normalized spacial score (nSPS) is 17.1. The Morgan fingerprint density at radius 2 is 1.85 bits per heavy atom. The van der Waals surface area contributed by atoms with Crippen LogP contribution in [0.4, 0.5) is 0 Å². The van der Waals surface area contributed by atoms with Gasteiger partial charge in [-0.1, -0.05) is 12.8 Å². The smallest absolute Gasteiger partial charge is 0.191 e. The van der Waals surface area contributed by atoms with E-state index in [1.165, 1.54) is 56.6 Å². The molecule has 1 aliphatic rings. The minimum absolute atomic E-state index is 0. The first-order valence-electron chi connectivity index (χ1n) is 10.2. The van der Waals surface area contributed by atoms with Crippen LogP contribution in [0.25, 0.3) is 0 Å². The van der Waals surface area contributed by atoms with Crippen LogP contribution in [-0.2, 0) is 13.5 Å². The first-order chi connectivity index (χ1) is 12.5. The number of guanidine groups is 1. The van der Waals surface area contributed by atoms with Gasteiger partial charge in [-0.15, -0.1) is 24.0 Å². The van der Waals surface area contributed by atoms with E-state index in [0.29, 0.717) is 6.04 Å². The van der Waals surface area contributed by atoms with Gasteiger partial charge in [-0.2, -0.15) is 5.10 Å². The van der Waals surface area contributed by atoms with Crippen LogP contribution in [0.3, 0.4) is 0 Å². The molecule has 6 nitrogen and oxygen atoms in total. The minimum atomic E-state index is 0. The topological polar surface area (TPSA) is 57.5 Å². The lowest BCUT2D eigenvalue weighted by Gasteiger charge is -2.21. The number of likely N-dealkylation sites (tertiary alicyclic amines) is 1. The fraction of sp³-hybridized carbons (Fsp3) is 0.800. The quantitative estimate of drug-likeness (QED) is 0.267. The second-order valence-electron chi connectivity index (χ2n) is 7.63. The third-order valence-electron chi connectivity index (χ3n) is 5.42.